The van der Waals surface area contributed by atoms with Crippen molar-refractivity contribution in [3.63, 3.8) is 0 Å². The van der Waals surface area contributed by atoms with Crippen molar-refractivity contribution in [3.05, 3.63) is 130 Å². The minimum atomic E-state index is 0.209. The second-order valence-electron chi connectivity index (χ2n) is 8.19. The molecule has 0 aliphatic rings. The summed E-state index contributed by atoms with van der Waals surface area (Å²) in [6.45, 7) is 0.323. The fourth-order valence-corrected chi connectivity index (χ4v) is 4.35. The van der Waals surface area contributed by atoms with E-state index in [1.807, 2.05) is 84.9 Å². The maximum atomic E-state index is 10.1. The molecule has 0 aliphatic carbocycles. The van der Waals surface area contributed by atoms with Crippen molar-refractivity contribution in [2.75, 3.05) is 0 Å². The van der Waals surface area contributed by atoms with Crippen LogP contribution in [0.1, 0.15) is 16.7 Å². The van der Waals surface area contributed by atoms with E-state index < -0.39 is 0 Å². The van der Waals surface area contributed by atoms with Gasteiger partial charge >= 0.3 is 0 Å². The largest absolute Gasteiger partial charge is 0.488 e. The Bertz CT molecular complexity index is 1600. The zero-order chi connectivity index (χ0) is 25.6. The van der Waals surface area contributed by atoms with Crippen molar-refractivity contribution in [1.82, 2.24) is 0 Å². The summed E-state index contributed by atoms with van der Waals surface area (Å²) in [4.78, 5) is 4.58. The van der Waals surface area contributed by atoms with Gasteiger partial charge in [0.1, 0.15) is 29.7 Å². The van der Waals surface area contributed by atoms with E-state index in [1.54, 1.807) is 24.4 Å². The van der Waals surface area contributed by atoms with Crippen LogP contribution >= 0.6 is 23.2 Å². The molecule has 0 amide bonds. The lowest BCUT2D eigenvalue weighted by atomic mass is 9.98. The molecule has 37 heavy (non-hydrogen) atoms. The lowest BCUT2D eigenvalue weighted by Crippen LogP contribution is -1.98. The first kappa shape index (κ1) is 24.4. The molecule has 0 radical (unpaired) electrons. The molecule has 4 nitrogen and oxygen atoms in total. The standard InChI is InChI=1S/C31H20Cl2N2O2/c32-25-13-7-8-21(16-25)20-36-28-15-14-26(33)17-24(28)19-35-31-27(18-34)29(22-9-3-1-4-10-22)30(37-31)23-11-5-2-6-12-23/h1-17,19H,20H2. The number of nitriles is 1. The summed E-state index contributed by atoms with van der Waals surface area (Å²) in [5, 5.41) is 11.3. The zero-order valence-electron chi connectivity index (χ0n) is 19.6. The second-order valence-corrected chi connectivity index (χ2v) is 9.06. The highest BCUT2D eigenvalue weighted by Crippen LogP contribution is 2.42. The number of halogens is 2. The van der Waals surface area contributed by atoms with Crippen LogP contribution in [0.5, 0.6) is 5.75 Å². The van der Waals surface area contributed by atoms with Gasteiger partial charge in [0.25, 0.3) is 0 Å². The molecule has 6 heteroatoms. The molecule has 1 heterocycles. The van der Waals surface area contributed by atoms with Crippen LogP contribution in [0, 0.1) is 11.3 Å². The summed E-state index contributed by atoms with van der Waals surface area (Å²) < 4.78 is 12.2. The van der Waals surface area contributed by atoms with Gasteiger partial charge in [-0.1, -0.05) is 96.0 Å². The molecule has 0 aliphatic heterocycles. The predicted molar refractivity (Wildman–Crippen MR) is 149 cm³/mol. The van der Waals surface area contributed by atoms with E-state index in [0.717, 1.165) is 16.7 Å². The number of hydrogen-bond donors (Lipinski definition) is 0. The van der Waals surface area contributed by atoms with Crippen LogP contribution in [-0.4, -0.2) is 6.21 Å². The Hall–Kier alpha value is -4.30. The van der Waals surface area contributed by atoms with Crippen LogP contribution in [0.4, 0.5) is 5.88 Å². The van der Waals surface area contributed by atoms with Crippen molar-refractivity contribution in [1.29, 1.82) is 5.26 Å². The van der Waals surface area contributed by atoms with Gasteiger partial charge in [0.2, 0.25) is 5.88 Å². The van der Waals surface area contributed by atoms with Crippen molar-refractivity contribution < 1.29 is 9.15 Å². The monoisotopic (exact) mass is 522 g/mol. The predicted octanol–water partition coefficient (Wildman–Crippen LogP) is 9.12. The van der Waals surface area contributed by atoms with E-state index in [1.165, 1.54) is 0 Å². The summed E-state index contributed by atoms with van der Waals surface area (Å²) in [6.07, 6.45) is 1.60. The van der Waals surface area contributed by atoms with Gasteiger partial charge in [0, 0.05) is 33.0 Å². The molecule has 0 unspecified atom stereocenters. The quantitative estimate of drug-likeness (QED) is 0.200. The van der Waals surface area contributed by atoms with E-state index in [0.29, 0.717) is 44.9 Å². The highest BCUT2D eigenvalue weighted by atomic mass is 35.5. The topological polar surface area (TPSA) is 58.5 Å². The molecule has 0 atom stereocenters. The minimum absolute atomic E-state index is 0.209. The molecule has 0 bridgehead atoms. The lowest BCUT2D eigenvalue weighted by molar-refractivity contribution is 0.306. The van der Waals surface area contributed by atoms with Gasteiger partial charge in [0.15, 0.2) is 0 Å². The summed E-state index contributed by atoms with van der Waals surface area (Å²) in [5.41, 5.74) is 4.36. The molecule has 0 N–H and O–H groups in total. The van der Waals surface area contributed by atoms with Crippen LogP contribution in [-0.2, 0) is 6.61 Å². The van der Waals surface area contributed by atoms with E-state index in [9.17, 15) is 5.26 Å². The van der Waals surface area contributed by atoms with Gasteiger partial charge in [-0.15, -0.1) is 0 Å². The van der Waals surface area contributed by atoms with Gasteiger partial charge in [-0.2, -0.15) is 5.26 Å². The van der Waals surface area contributed by atoms with Crippen LogP contribution in [0.2, 0.25) is 10.0 Å². The third-order valence-electron chi connectivity index (χ3n) is 5.68. The third kappa shape index (κ3) is 5.59. The summed E-state index contributed by atoms with van der Waals surface area (Å²) in [6, 6.07) is 34.4. The first-order valence-corrected chi connectivity index (χ1v) is 12.3. The molecular formula is C31H20Cl2N2O2. The van der Waals surface area contributed by atoms with Crippen LogP contribution in [0.15, 0.2) is 113 Å². The lowest BCUT2D eigenvalue weighted by Gasteiger charge is -2.10. The zero-order valence-corrected chi connectivity index (χ0v) is 21.1. The van der Waals surface area contributed by atoms with Crippen molar-refractivity contribution in [2.24, 2.45) is 4.99 Å². The van der Waals surface area contributed by atoms with Gasteiger partial charge in [-0.05, 0) is 41.5 Å². The summed E-state index contributed by atoms with van der Waals surface area (Å²) in [7, 11) is 0. The Morgan fingerprint density at radius 1 is 0.811 bits per heavy atom. The van der Waals surface area contributed by atoms with Crippen LogP contribution in [0.3, 0.4) is 0 Å². The van der Waals surface area contributed by atoms with Gasteiger partial charge in [-0.3, -0.25) is 0 Å². The van der Waals surface area contributed by atoms with Crippen molar-refractivity contribution >= 4 is 35.3 Å². The Balaban J connectivity index is 1.54. The molecule has 5 aromatic rings. The summed E-state index contributed by atoms with van der Waals surface area (Å²) in [5.74, 6) is 1.38. The van der Waals surface area contributed by atoms with Crippen molar-refractivity contribution in [2.45, 2.75) is 6.61 Å². The third-order valence-corrected chi connectivity index (χ3v) is 6.15. The van der Waals surface area contributed by atoms with Crippen molar-refractivity contribution in [3.8, 4) is 34.3 Å². The van der Waals surface area contributed by atoms with E-state index in [4.69, 9.17) is 32.4 Å². The first-order chi connectivity index (χ1) is 18.1. The highest BCUT2D eigenvalue weighted by molar-refractivity contribution is 6.31. The highest BCUT2D eigenvalue weighted by Gasteiger charge is 2.22. The number of nitrogens with zero attached hydrogens (tertiary/aromatic N) is 2. The average molecular weight is 523 g/mol. The SMILES string of the molecule is N#Cc1c(N=Cc2cc(Cl)ccc2OCc2cccc(Cl)c2)oc(-c2ccccc2)c1-c1ccccc1. The maximum absolute atomic E-state index is 10.1. The van der Waals surface area contributed by atoms with Gasteiger partial charge < -0.3 is 9.15 Å². The maximum Gasteiger partial charge on any atom is 0.238 e. The average Bonchev–Trinajstić information content (AvgIpc) is 3.31. The molecule has 0 spiro atoms. The Kier molecular flexibility index (Phi) is 7.37. The fourth-order valence-electron chi connectivity index (χ4n) is 3.95. The number of aliphatic imine (C=N–C) groups is 1. The van der Waals surface area contributed by atoms with E-state index in [-0.39, 0.29) is 5.88 Å². The normalized spacial score (nSPS) is 10.9. The molecule has 180 valence electrons. The number of rotatable bonds is 7. The number of benzene rings is 4. The van der Waals surface area contributed by atoms with Gasteiger partial charge in [0.05, 0.1) is 0 Å². The smallest absolute Gasteiger partial charge is 0.238 e. The Labute approximate surface area is 225 Å². The Morgan fingerprint density at radius 2 is 1.51 bits per heavy atom. The van der Waals surface area contributed by atoms with E-state index >= 15 is 0 Å². The molecule has 0 saturated carbocycles. The number of furan rings is 1. The van der Waals surface area contributed by atoms with E-state index in [2.05, 4.69) is 11.1 Å². The molecule has 0 saturated heterocycles. The second kappa shape index (κ2) is 11.2. The molecule has 5 rings (SSSR count). The molecular weight excluding hydrogens is 503 g/mol. The fraction of sp³-hybridized carbons (Fsp3) is 0.0323. The molecule has 0 fully saturated rings. The molecule has 4 aromatic carbocycles. The Morgan fingerprint density at radius 3 is 2.22 bits per heavy atom. The minimum Gasteiger partial charge on any atom is -0.488 e. The first-order valence-electron chi connectivity index (χ1n) is 11.5. The van der Waals surface area contributed by atoms with Crippen LogP contribution < -0.4 is 4.74 Å². The summed E-state index contributed by atoms with van der Waals surface area (Å²) >= 11 is 12.4. The van der Waals surface area contributed by atoms with Crippen LogP contribution in [0.25, 0.3) is 22.5 Å². The number of hydrogen-bond acceptors (Lipinski definition) is 4. The number of ether oxygens (including phenoxy) is 1. The van der Waals surface area contributed by atoms with Gasteiger partial charge in [-0.25, -0.2) is 4.99 Å². The molecule has 1 aromatic heterocycles.